The zero-order valence-electron chi connectivity index (χ0n) is 15.2. The molecular formula is C18H20N4O3S2. The van der Waals surface area contributed by atoms with Crippen LogP contribution < -0.4 is 4.72 Å². The Morgan fingerprint density at radius 3 is 2.48 bits per heavy atom. The molecule has 1 aliphatic carbocycles. The SMILES string of the molecule is CSc1ccc(NS(=O)(=O)c2c(C)[nH]c(C)c2-c2nnc(C3CC3)o2)cc1. The zero-order chi connectivity index (χ0) is 19.2. The highest BCUT2D eigenvalue weighted by Crippen LogP contribution is 2.41. The first-order valence-corrected chi connectivity index (χ1v) is 11.3. The van der Waals surface area contributed by atoms with Crippen molar-refractivity contribution in [1.29, 1.82) is 0 Å². The number of thioether (sulfide) groups is 1. The van der Waals surface area contributed by atoms with Gasteiger partial charge >= 0.3 is 0 Å². The minimum atomic E-state index is -3.83. The first-order chi connectivity index (χ1) is 12.9. The second kappa shape index (κ2) is 6.72. The van der Waals surface area contributed by atoms with Gasteiger partial charge in [0, 0.05) is 27.9 Å². The quantitative estimate of drug-likeness (QED) is 0.600. The fourth-order valence-corrected chi connectivity index (χ4v) is 4.97. The molecule has 2 aromatic heterocycles. The van der Waals surface area contributed by atoms with Crippen LogP contribution in [0, 0.1) is 13.8 Å². The van der Waals surface area contributed by atoms with Gasteiger partial charge in [0.1, 0.15) is 4.90 Å². The number of H-pyrrole nitrogens is 1. The second-order valence-electron chi connectivity index (χ2n) is 6.63. The summed E-state index contributed by atoms with van der Waals surface area (Å²) in [6.45, 7) is 3.52. The van der Waals surface area contributed by atoms with E-state index in [4.69, 9.17) is 4.42 Å². The monoisotopic (exact) mass is 404 g/mol. The van der Waals surface area contributed by atoms with Crippen LogP contribution >= 0.6 is 11.8 Å². The molecule has 4 rings (SSSR count). The van der Waals surface area contributed by atoms with Gasteiger partial charge in [-0.1, -0.05) is 0 Å². The molecule has 0 atom stereocenters. The van der Waals surface area contributed by atoms with Gasteiger partial charge in [-0.3, -0.25) is 4.72 Å². The van der Waals surface area contributed by atoms with E-state index < -0.39 is 10.0 Å². The maximum atomic E-state index is 13.1. The molecule has 142 valence electrons. The molecule has 0 aliphatic heterocycles. The Labute approximate surface area is 162 Å². The summed E-state index contributed by atoms with van der Waals surface area (Å²) in [5.74, 6) is 1.11. The van der Waals surface area contributed by atoms with E-state index in [2.05, 4.69) is 19.9 Å². The summed E-state index contributed by atoms with van der Waals surface area (Å²) in [6, 6.07) is 7.24. The number of rotatable bonds is 6. The average Bonchev–Trinajstić information content (AvgIpc) is 3.28. The topological polar surface area (TPSA) is 101 Å². The van der Waals surface area contributed by atoms with Gasteiger partial charge in [0.25, 0.3) is 15.9 Å². The van der Waals surface area contributed by atoms with Crippen LogP contribution in [0.25, 0.3) is 11.5 Å². The number of nitrogens with one attached hydrogen (secondary N) is 2. The average molecular weight is 405 g/mol. The van der Waals surface area contributed by atoms with E-state index in [1.54, 1.807) is 37.7 Å². The standard InChI is InChI=1S/C18H20N4O3S2/c1-10-15(18-21-20-17(25-18)12-4-5-12)16(11(2)19-10)27(23,24)22-13-6-8-14(26-3)9-7-13/h6-9,12,19,22H,4-5H2,1-3H3. The lowest BCUT2D eigenvalue weighted by molar-refractivity contribution is 0.507. The van der Waals surface area contributed by atoms with Crippen molar-refractivity contribution >= 4 is 27.5 Å². The lowest BCUT2D eigenvalue weighted by Crippen LogP contribution is -2.14. The fraction of sp³-hybridized carbons (Fsp3) is 0.333. The van der Waals surface area contributed by atoms with E-state index in [-0.39, 0.29) is 10.8 Å². The summed E-state index contributed by atoms with van der Waals surface area (Å²) in [5.41, 5.74) is 2.14. The largest absolute Gasteiger partial charge is 0.420 e. The van der Waals surface area contributed by atoms with Crippen molar-refractivity contribution in [2.75, 3.05) is 11.0 Å². The highest BCUT2D eigenvalue weighted by Gasteiger charge is 2.33. The Morgan fingerprint density at radius 1 is 1.15 bits per heavy atom. The van der Waals surface area contributed by atoms with Crippen molar-refractivity contribution in [3.05, 3.63) is 41.5 Å². The maximum absolute atomic E-state index is 13.1. The number of aromatic amines is 1. The third-order valence-electron chi connectivity index (χ3n) is 4.51. The molecule has 2 N–H and O–H groups in total. The van der Waals surface area contributed by atoms with Gasteiger partial charge in [0.2, 0.25) is 5.89 Å². The molecule has 27 heavy (non-hydrogen) atoms. The molecule has 1 aliphatic rings. The number of aryl methyl sites for hydroxylation is 2. The molecule has 0 saturated heterocycles. The van der Waals surface area contributed by atoms with Gasteiger partial charge in [-0.05, 0) is 57.2 Å². The summed E-state index contributed by atoms with van der Waals surface area (Å²) in [5, 5.41) is 8.18. The summed E-state index contributed by atoms with van der Waals surface area (Å²) in [6.07, 6.45) is 4.04. The molecule has 0 bridgehead atoms. The molecule has 9 heteroatoms. The first-order valence-electron chi connectivity index (χ1n) is 8.59. The van der Waals surface area contributed by atoms with E-state index in [1.807, 2.05) is 18.4 Å². The maximum Gasteiger partial charge on any atom is 0.264 e. The minimum absolute atomic E-state index is 0.139. The number of hydrogen-bond donors (Lipinski definition) is 2. The van der Waals surface area contributed by atoms with E-state index in [1.165, 1.54) is 0 Å². The molecule has 0 unspecified atom stereocenters. The lowest BCUT2D eigenvalue weighted by Gasteiger charge is -2.10. The van der Waals surface area contributed by atoms with Crippen LogP contribution in [0.1, 0.15) is 36.0 Å². The zero-order valence-corrected chi connectivity index (χ0v) is 16.9. The molecule has 2 heterocycles. The summed E-state index contributed by atoms with van der Waals surface area (Å²) >= 11 is 1.60. The number of nitrogens with zero attached hydrogens (tertiary/aromatic N) is 2. The molecule has 0 spiro atoms. The lowest BCUT2D eigenvalue weighted by atomic mass is 10.2. The molecule has 0 amide bonds. The fourth-order valence-electron chi connectivity index (χ4n) is 3.05. The number of aromatic nitrogens is 3. The highest BCUT2D eigenvalue weighted by atomic mass is 32.2. The molecule has 0 radical (unpaired) electrons. The van der Waals surface area contributed by atoms with Gasteiger partial charge < -0.3 is 9.40 Å². The van der Waals surface area contributed by atoms with Crippen LogP contribution in [-0.2, 0) is 10.0 Å². The van der Waals surface area contributed by atoms with Crippen LogP contribution in [0.3, 0.4) is 0 Å². The highest BCUT2D eigenvalue weighted by molar-refractivity contribution is 7.98. The summed E-state index contributed by atoms with van der Waals surface area (Å²) in [4.78, 5) is 4.29. The Morgan fingerprint density at radius 2 is 1.85 bits per heavy atom. The molecule has 1 saturated carbocycles. The third kappa shape index (κ3) is 3.49. The number of anilines is 1. The van der Waals surface area contributed by atoms with Crippen molar-refractivity contribution in [2.45, 2.75) is 42.4 Å². The van der Waals surface area contributed by atoms with Crippen molar-refractivity contribution in [2.24, 2.45) is 0 Å². The third-order valence-corrected chi connectivity index (χ3v) is 6.81. The van der Waals surface area contributed by atoms with Crippen LogP contribution in [0.4, 0.5) is 5.69 Å². The van der Waals surface area contributed by atoms with Crippen LogP contribution in [0.5, 0.6) is 0 Å². The summed E-state index contributed by atoms with van der Waals surface area (Å²) < 4.78 is 34.6. The minimum Gasteiger partial charge on any atom is -0.420 e. The first kappa shape index (κ1) is 18.1. The van der Waals surface area contributed by atoms with E-state index in [0.29, 0.717) is 34.4 Å². The van der Waals surface area contributed by atoms with E-state index in [9.17, 15) is 8.42 Å². The van der Waals surface area contributed by atoms with E-state index >= 15 is 0 Å². The van der Waals surface area contributed by atoms with Crippen molar-refractivity contribution < 1.29 is 12.8 Å². The van der Waals surface area contributed by atoms with Gasteiger partial charge in [-0.25, -0.2) is 8.42 Å². The Kier molecular flexibility index (Phi) is 4.51. The molecule has 3 aromatic rings. The van der Waals surface area contributed by atoms with Crippen LogP contribution in [0.15, 0.2) is 38.5 Å². The van der Waals surface area contributed by atoms with E-state index in [0.717, 1.165) is 17.7 Å². The Hall–Kier alpha value is -2.26. The van der Waals surface area contributed by atoms with Gasteiger partial charge in [-0.15, -0.1) is 22.0 Å². The summed E-state index contributed by atoms with van der Waals surface area (Å²) in [7, 11) is -3.83. The van der Waals surface area contributed by atoms with Crippen LogP contribution in [0.2, 0.25) is 0 Å². The van der Waals surface area contributed by atoms with Crippen LogP contribution in [-0.4, -0.2) is 29.9 Å². The number of sulfonamides is 1. The Bertz CT molecular complexity index is 1080. The Balaban J connectivity index is 1.72. The predicted molar refractivity (Wildman–Crippen MR) is 105 cm³/mol. The normalized spacial score (nSPS) is 14.5. The van der Waals surface area contributed by atoms with Crippen molar-refractivity contribution in [1.82, 2.24) is 15.2 Å². The number of benzene rings is 1. The van der Waals surface area contributed by atoms with Gasteiger partial charge in [-0.2, -0.15) is 0 Å². The number of hydrogen-bond acceptors (Lipinski definition) is 6. The van der Waals surface area contributed by atoms with Gasteiger partial charge in [0.05, 0.1) is 5.56 Å². The molecule has 7 nitrogen and oxygen atoms in total. The molecular weight excluding hydrogens is 384 g/mol. The van der Waals surface area contributed by atoms with Crippen molar-refractivity contribution in [3.8, 4) is 11.5 Å². The molecule has 1 fully saturated rings. The second-order valence-corrected chi connectivity index (χ2v) is 9.13. The van der Waals surface area contributed by atoms with Crippen molar-refractivity contribution in [3.63, 3.8) is 0 Å². The smallest absolute Gasteiger partial charge is 0.264 e. The predicted octanol–water partition coefficient (Wildman–Crippen LogP) is 4.08. The van der Waals surface area contributed by atoms with Gasteiger partial charge in [0.15, 0.2) is 0 Å². The molecule has 1 aromatic carbocycles.